The van der Waals surface area contributed by atoms with E-state index in [1.165, 1.54) is 18.3 Å². The summed E-state index contributed by atoms with van der Waals surface area (Å²) in [4.78, 5) is 0. The van der Waals surface area contributed by atoms with Crippen LogP contribution in [0.3, 0.4) is 0 Å². The minimum atomic E-state index is -0.300. The highest BCUT2D eigenvalue weighted by Crippen LogP contribution is 2.32. The molecule has 0 aromatic heterocycles. The number of rotatable bonds is 1. The zero-order valence-corrected chi connectivity index (χ0v) is 7.48. The Labute approximate surface area is 80.8 Å². The molecule has 3 nitrogen and oxygen atoms in total. The Morgan fingerprint density at radius 2 is 2.43 bits per heavy atom. The third-order valence-electron chi connectivity index (χ3n) is 2.30. The van der Waals surface area contributed by atoms with E-state index in [4.69, 9.17) is 9.94 Å². The smallest absolute Gasteiger partial charge is 0.123 e. The fourth-order valence-corrected chi connectivity index (χ4v) is 1.63. The molecule has 74 valence electrons. The van der Waals surface area contributed by atoms with Crippen molar-refractivity contribution in [3.8, 4) is 5.75 Å². The third kappa shape index (κ3) is 1.55. The van der Waals surface area contributed by atoms with Gasteiger partial charge in [-0.05, 0) is 24.6 Å². The molecule has 1 unspecified atom stereocenters. The Hall–Kier alpha value is -1.58. The van der Waals surface area contributed by atoms with Crippen LogP contribution in [0, 0.1) is 5.82 Å². The van der Waals surface area contributed by atoms with Gasteiger partial charge in [0.1, 0.15) is 11.6 Å². The maximum Gasteiger partial charge on any atom is 0.123 e. The number of hydrogen-bond acceptors (Lipinski definition) is 3. The third-order valence-corrected chi connectivity index (χ3v) is 2.30. The molecule has 0 saturated carbocycles. The summed E-state index contributed by atoms with van der Waals surface area (Å²) in [5.41, 5.74) is 0.744. The van der Waals surface area contributed by atoms with E-state index in [1.807, 2.05) is 0 Å². The van der Waals surface area contributed by atoms with Crippen LogP contribution in [0.5, 0.6) is 5.75 Å². The molecular weight excluding hydrogens is 185 g/mol. The fraction of sp³-hybridized carbons (Fsp3) is 0.300. The molecule has 1 atom stereocenters. The summed E-state index contributed by atoms with van der Waals surface area (Å²) < 4.78 is 18.3. The zero-order valence-electron chi connectivity index (χ0n) is 7.48. The molecule has 0 fully saturated rings. The molecule has 0 aliphatic carbocycles. The maximum atomic E-state index is 12.9. The first-order chi connectivity index (χ1) is 6.81. The number of fused-ring (bicyclic) bond motifs is 1. The molecule has 0 radical (unpaired) electrons. The number of benzene rings is 1. The SMILES string of the molecule is ON=CC1CCOc2ccc(F)cc21. The van der Waals surface area contributed by atoms with Gasteiger partial charge in [-0.2, -0.15) is 0 Å². The monoisotopic (exact) mass is 195 g/mol. The van der Waals surface area contributed by atoms with E-state index in [9.17, 15) is 4.39 Å². The van der Waals surface area contributed by atoms with Gasteiger partial charge in [0.15, 0.2) is 0 Å². The second-order valence-corrected chi connectivity index (χ2v) is 3.19. The van der Waals surface area contributed by atoms with Crippen molar-refractivity contribution in [2.45, 2.75) is 12.3 Å². The minimum absolute atomic E-state index is 0.0561. The van der Waals surface area contributed by atoms with Gasteiger partial charge in [0.05, 0.1) is 12.8 Å². The predicted octanol–water partition coefficient (Wildman–Crippen LogP) is 2.15. The second kappa shape index (κ2) is 3.65. The van der Waals surface area contributed by atoms with Crippen molar-refractivity contribution in [3.05, 3.63) is 29.6 Å². The Morgan fingerprint density at radius 3 is 3.21 bits per heavy atom. The molecule has 2 rings (SSSR count). The van der Waals surface area contributed by atoms with Crippen LogP contribution in [0.2, 0.25) is 0 Å². The summed E-state index contributed by atoms with van der Waals surface area (Å²) in [5.74, 6) is 0.313. The average Bonchev–Trinajstić information content (AvgIpc) is 2.19. The Bertz CT molecular complexity index is 365. The molecule has 1 aliphatic heterocycles. The van der Waals surface area contributed by atoms with E-state index in [0.29, 0.717) is 18.8 Å². The van der Waals surface area contributed by atoms with Crippen LogP contribution in [0.15, 0.2) is 23.4 Å². The van der Waals surface area contributed by atoms with Crippen molar-refractivity contribution >= 4 is 6.21 Å². The van der Waals surface area contributed by atoms with Gasteiger partial charge in [0.2, 0.25) is 0 Å². The summed E-state index contributed by atoms with van der Waals surface area (Å²) in [6.07, 6.45) is 2.11. The molecule has 0 spiro atoms. The lowest BCUT2D eigenvalue weighted by atomic mass is 9.94. The van der Waals surface area contributed by atoms with Gasteiger partial charge in [0.25, 0.3) is 0 Å². The summed E-state index contributed by atoms with van der Waals surface area (Å²) >= 11 is 0. The highest BCUT2D eigenvalue weighted by atomic mass is 19.1. The first-order valence-corrected chi connectivity index (χ1v) is 4.41. The van der Waals surface area contributed by atoms with Crippen LogP contribution in [0.25, 0.3) is 0 Å². The summed E-state index contributed by atoms with van der Waals surface area (Å²) in [5, 5.41) is 11.4. The number of halogens is 1. The van der Waals surface area contributed by atoms with Crippen molar-refractivity contribution in [2.24, 2.45) is 5.16 Å². The van der Waals surface area contributed by atoms with E-state index in [1.54, 1.807) is 6.07 Å². The first kappa shape index (κ1) is 8.99. The minimum Gasteiger partial charge on any atom is -0.493 e. The van der Waals surface area contributed by atoms with Gasteiger partial charge in [-0.25, -0.2) is 4.39 Å². The molecule has 0 amide bonds. The number of hydrogen-bond donors (Lipinski definition) is 1. The highest BCUT2D eigenvalue weighted by molar-refractivity contribution is 5.69. The van der Waals surface area contributed by atoms with E-state index in [0.717, 1.165) is 5.56 Å². The Balaban J connectivity index is 2.41. The van der Waals surface area contributed by atoms with Crippen LogP contribution in [0.4, 0.5) is 4.39 Å². The van der Waals surface area contributed by atoms with Crippen LogP contribution >= 0.6 is 0 Å². The van der Waals surface area contributed by atoms with Gasteiger partial charge in [-0.1, -0.05) is 0 Å². The molecule has 1 aromatic rings. The van der Waals surface area contributed by atoms with Crippen LogP contribution in [0.1, 0.15) is 17.9 Å². The van der Waals surface area contributed by atoms with Crippen LogP contribution < -0.4 is 4.74 Å². The van der Waals surface area contributed by atoms with Gasteiger partial charge < -0.3 is 9.94 Å². The lowest BCUT2D eigenvalue weighted by Crippen LogP contribution is -2.15. The average molecular weight is 195 g/mol. The maximum absolute atomic E-state index is 12.9. The van der Waals surface area contributed by atoms with Crippen molar-refractivity contribution in [2.75, 3.05) is 6.61 Å². The van der Waals surface area contributed by atoms with Gasteiger partial charge in [-0.15, -0.1) is 5.16 Å². The molecule has 14 heavy (non-hydrogen) atoms. The number of oxime groups is 1. The van der Waals surface area contributed by atoms with Gasteiger partial charge in [0, 0.05) is 11.5 Å². The topological polar surface area (TPSA) is 41.8 Å². The highest BCUT2D eigenvalue weighted by Gasteiger charge is 2.20. The molecule has 1 heterocycles. The molecule has 0 bridgehead atoms. The predicted molar refractivity (Wildman–Crippen MR) is 49.5 cm³/mol. The van der Waals surface area contributed by atoms with Crippen molar-refractivity contribution in [3.63, 3.8) is 0 Å². The summed E-state index contributed by atoms with van der Waals surface area (Å²) in [6.45, 7) is 0.565. The lowest BCUT2D eigenvalue weighted by molar-refractivity contribution is 0.278. The van der Waals surface area contributed by atoms with Gasteiger partial charge >= 0.3 is 0 Å². The zero-order chi connectivity index (χ0) is 9.97. The fourth-order valence-electron chi connectivity index (χ4n) is 1.63. The quantitative estimate of drug-likeness (QED) is 0.424. The van der Waals surface area contributed by atoms with E-state index >= 15 is 0 Å². The Kier molecular flexibility index (Phi) is 2.35. The van der Waals surface area contributed by atoms with Crippen molar-refractivity contribution in [1.29, 1.82) is 0 Å². The summed E-state index contributed by atoms with van der Waals surface area (Å²) in [7, 11) is 0. The van der Waals surface area contributed by atoms with Crippen LogP contribution in [-0.4, -0.2) is 18.0 Å². The Morgan fingerprint density at radius 1 is 1.57 bits per heavy atom. The molecule has 1 aromatic carbocycles. The van der Waals surface area contributed by atoms with E-state index in [2.05, 4.69) is 5.16 Å². The van der Waals surface area contributed by atoms with Crippen molar-refractivity contribution < 1.29 is 14.3 Å². The molecule has 0 saturated heterocycles. The summed E-state index contributed by atoms with van der Waals surface area (Å²) in [6, 6.07) is 4.38. The van der Waals surface area contributed by atoms with E-state index < -0.39 is 0 Å². The van der Waals surface area contributed by atoms with Crippen LogP contribution in [-0.2, 0) is 0 Å². The first-order valence-electron chi connectivity index (χ1n) is 4.41. The molecular formula is C10H10FNO2. The molecule has 1 N–H and O–H groups in total. The number of nitrogens with zero attached hydrogens (tertiary/aromatic N) is 1. The van der Waals surface area contributed by atoms with Gasteiger partial charge in [-0.3, -0.25) is 0 Å². The number of ether oxygens (including phenoxy) is 1. The normalized spacial score (nSPS) is 20.5. The largest absolute Gasteiger partial charge is 0.493 e. The molecule has 4 heteroatoms. The standard InChI is InChI=1S/C10H10FNO2/c11-8-1-2-10-9(5-8)7(6-12-13)3-4-14-10/h1-2,5-7,13H,3-4H2. The molecule has 1 aliphatic rings. The van der Waals surface area contributed by atoms with Crippen molar-refractivity contribution in [1.82, 2.24) is 0 Å². The second-order valence-electron chi connectivity index (χ2n) is 3.19. The lowest BCUT2D eigenvalue weighted by Gasteiger charge is -2.22. The van der Waals surface area contributed by atoms with E-state index in [-0.39, 0.29) is 11.7 Å².